The molecule has 2 unspecified atom stereocenters. The van der Waals surface area contributed by atoms with Gasteiger partial charge in [0.25, 0.3) is 0 Å². The van der Waals surface area contributed by atoms with Gasteiger partial charge in [0, 0.05) is 19.1 Å². The van der Waals surface area contributed by atoms with Crippen LogP contribution in [0.5, 0.6) is 0 Å². The second-order valence-corrected chi connectivity index (χ2v) is 15.7. The second kappa shape index (κ2) is 8.03. The first-order valence-electron chi connectivity index (χ1n) is 10.6. The van der Waals surface area contributed by atoms with E-state index in [1.807, 2.05) is 25.7 Å². The Bertz CT molecular complexity index is 525. The fourth-order valence-corrected chi connectivity index (χ4v) is 5.54. The molecule has 0 aromatic heterocycles. The van der Waals surface area contributed by atoms with E-state index in [0.29, 0.717) is 6.04 Å². The molecule has 5 nitrogen and oxygen atoms in total. The van der Waals surface area contributed by atoms with Crippen LogP contribution in [0.1, 0.15) is 67.7 Å². The van der Waals surface area contributed by atoms with E-state index < -0.39 is 13.9 Å². The number of hydrogen-bond acceptors (Lipinski definition) is 4. The van der Waals surface area contributed by atoms with Gasteiger partial charge in [-0.2, -0.15) is 0 Å². The third-order valence-corrected chi connectivity index (χ3v) is 11.0. The molecule has 0 aromatic carbocycles. The van der Waals surface area contributed by atoms with Crippen LogP contribution in [0, 0.1) is 0 Å². The lowest BCUT2D eigenvalue weighted by atomic mass is 9.96. The van der Waals surface area contributed by atoms with Gasteiger partial charge in [0.2, 0.25) is 0 Å². The number of amides is 1. The van der Waals surface area contributed by atoms with Crippen LogP contribution in [0.15, 0.2) is 0 Å². The van der Waals surface area contributed by atoms with Crippen molar-refractivity contribution in [1.29, 1.82) is 0 Å². The summed E-state index contributed by atoms with van der Waals surface area (Å²) in [4.78, 5) is 17.1. The molecule has 27 heavy (non-hydrogen) atoms. The van der Waals surface area contributed by atoms with Crippen LogP contribution in [-0.4, -0.2) is 67.6 Å². The molecule has 0 aromatic rings. The van der Waals surface area contributed by atoms with Crippen molar-refractivity contribution in [2.24, 2.45) is 0 Å². The van der Waals surface area contributed by atoms with E-state index in [2.05, 4.69) is 45.7 Å². The van der Waals surface area contributed by atoms with Crippen molar-refractivity contribution in [2.45, 2.75) is 110 Å². The topological polar surface area (TPSA) is 42.0 Å². The predicted molar refractivity (Wildman–Crippen MR) is 114 cm³/mol. The van der Waals surface area contributed by atoms with Crippen molar-refractivity contribution in [3.05, 3.63) is 0 Å². The molecule has 2 fully saturated rings. The molecule has 2 aliphatic heterocycles. The Balaban J connectivity index is 1.98. The molecule has 0 radical (unpaired) electrons. The summed E-state index contributed by atoms with van der Waals surface area (Å²) >= 11 is 0. The molecule has 1 amide bonds. The zero-order valence-electron chi connectivity index (χ0n) is 19.1. The monoisotopic (exact) mass is 398 g/mol. The zero-order valence-corrected chi connectivity index (χ0v) is 20.1. The third kappa shape index (κ3) is 5.70. The fraction of sp³-hybridized carbons (Fsp3) is 0.952. The molecule has 0 aliphatic carbocycles. The van der Waals surface area contributed by atoms with Gasteiger partial charge in [-0.1, -0.05) is 20.8 Å². The van der Waals surface area contributed by atoms with Gasteiger partial charge in [0.1, 0.15) is 5.60 Å². The number of carbonyl (C=O) groups is 1. The molecule has 3 atom stereocenters. The summed E-state index contributed by atoms with van der Waals surface area (Å²) in [6, 6.07) is 0.727. The second-order valence-electron chi connectivity index (χ2n) is 10.9. The van der Waals surface area contributed by atoms with E-state index in [0.717, 1.165) is 38.9 Å². The molecule has 158 valence electrons. The van der Waals surface area contributed by atoms with E-state index in [-0.39, 0.29) is 23.3 Å². The SMILES string of the molecule is C[C@H](CN1CCCC2C1CCN2C(=O)OC(C)(C)C)O[Si](C)(C)C(C)(C)C. The van der Waals surface area contributed by atoms with Crippen LogP contribution in [0.2, 0.25) is 18.1 Å². The first-order chi connectivity index (χ1) is 12.2. The summed E-state index contributed by atoms with van der Waals surface area (Å²) in [6.07, 6.45) is 3.32. The minimum atomic E-state index is -1.76. The standard InChI is InChI=1S/C21H42N2O3Si/c1-16(26-27(8,9)21(5,6)7)15-22-13-10-11-18-17(22)12-14-23(18)19(24)25-20(2,3)4/h16-18H,10-15H2,1-9H3/t16-,17?,18?/m1/s1. The third-order valence-electron chi connectivity index (χ3n) is 6.35. The van der Waals surface area contributed by atoms with Gasteiger partial charge in [0.05, 0.1) is 12.1 Å². The lowest BCUT2D eigenvalue weighted by Gasteiger charge is -2.43. The Hall–Kier alpha value is -0.593. The highest BCUT2D eigenvalue weighted by molar-refractivity contribution is 6.74. The maximum atomic E-state index is 12.6. The first-order valence-corrected chi connectivity index (χ1v) is 13.5. The highest BCUT2D eigenvalue weighted by Gasteiger charge is 2.44. The smallest absolute Gasteiger partial charge is 0.410 e. The lowest BCUT2D eigenvalue weighted by Crippen LogP contribution is -2.54. The van der Waals surface area contributed by atoms with Crippen LogP contribution in [0.25, 0.3) is 0 Å². The number of fused-ring (bicyclic) bond motifs is 1. The van der Waals surface area contributed by atoms with Gasteiger partial charge >= 0.3 is 6.09 Å². The Morgan fingerprint density at radius 2 is 1.70 bits per heavy atom. The van der Waals surface area contributed by atoms with Crippen molar-refractivity contribution in [1.82, 2.24) is 9.80 Å². The van der Waals surface area contributed by atoms with Gasteiger partial charge in [-0.05, 0) is 71.6 Å². The Morgan fingerprint density at radius 3 is 2.26 bits per heavy atom. The highest BCUT2D eigenvalue weighted by atomic mass is 28.4. The van der Waals surface area contributed by atoms with Gasteiger partial charge < -0.3 is 14.1 Å². The maximum absolute atomic E-state index is 12.6. The van der Waals surface area contributed by atoms with E-state index in [1.165, 1.54) is 0 Å². The molecule has 0 bridgehead atoms. The first kappa shape index (κ1) is 22.7. The van der Waals surface area contributed by atoms with Crippen molar-refractivity contribution < 1.29 is 14.0 Å². The molecular weight excluding hydrogens is 356 g/mol. The number of carbonyl (C=O) groups excluding carboxylic acids is 1. The minimum absolute atomic E-state index is 0.151. The van der Waals surface area contributed by atoms with Crippen LogP contribution in [-0.2, 0) is 9.16 Å². The number of piperidine rings is 1. The average Bonchev–Trinajstić information content (AvgIpc) is 2.88. The molecule has 6 heteroatoms. The Kier molecular flexibility index (Phi) is 6.75. The minimum Gasteiger partial charge on any atom is -0.444 e. The zero-order chi connectivity index (χ0) is 20.6. The van der Waals surface area contributed by atoms with Crippen molar-refractivity contribution in [3.8, 4) is 0 Å². The number of hydrogen-bond donors (Lipinski definition) is 0. The molecule has 0 spiro atoms. The van der Waals surface area contributed by atoms with Crippen LogP contribution < -0.4 is 0 Å². The van der Waals surface area contributed by atoms with Crippen molar-refractivity contribution in [2.75, 3.05) is 19.6 Å². The van der Waals surface area contributed by atoms with Crippen molar-refractivity contribution in [3.63, 3.8) is 0 Å². The highest BCUT2D eigenvalue weighted by Crippen LogP contribution is 2.38. The molecule has 0 N–H and O–H groups in total. The van der Waals surface area contributed by atoms with Gasteiger partial charge in [0.15, 0.2) is 8.32 Å². The average molecular weight is 399 g/mol. The quantitative estimate of drug-likeness (QED) is 0.634. The van der Waals surface area contributed by atoms with E-state index in [4.69, 9.17) is 9.16 Å². The molecule has 2 heterocycles. The predicted octanol–water partition coefficient (Wildman–Crippen LogP) is 4.87. The number of rotatable bonds is 4. The van der Waals surface area contributed by atoms with Crippen LogP contribution in [0.3, 0.4) is 0 Å². The van der Waals surface area contributed by atoms with Gasteiger partial charge in [-0.25, -0.2) is 4.79 Å². The normalized spacial score (nSPS) is 26.0. The number of ether oxygens (including phenoxy) is 1. The van der Waals surface area contributed by atoms with E-state index in [1.54, 1.807) is 0 Å². The van der Waals surface area contributed by atoms with E-state index >= 15 is 0 Å². The van der Waals surface area contributed by atoms with Crippen LogP contribution in [0.4, 0.5) is 4.79 Å². The Labute approximate surface area is 167 Å². The number of likely N-dealkylation sites (tertiary alicyclic amines) is 2. The fourth-order valence-electron chi connectivity index (χ4n) is 4.10. The van der Waals surface area contributed by atoms with Gasteiger partial charge in [-0.15, -0.1) is 0 Å². The largest absolute Gasteiger partial charge is 0.444 e. The lowest BCUT2D eigenvalue weighted by molar-refractivity contribution is 0.00919. The summed E-state index contributed by atoms with van der Waals surface area (Å²) < 4.78 is 12.2. The summed E-state index contributed by atoms with van der Waals surface area (Å²) in [6.45, 7) is 22.4. The molecule has 2 rings (SSSR count). The van der Waals surface area contributed by atoms with E-state index in [9.17, 15) is 4.79 Å². The van der Waals surface area contributed by atoms with Crippen molar-refractivity contribution >= 4 is 14.4 Å². The van der Waals surface area contributed by atoms with Crippen LogP contribution >= 0.6 is 0 Å². The van der Waals surface area contributed by atoms with Gasteiger partial charge in [-0.3, -0.25) is 4.90 Å². The molecule has 0 saturated carbocycles. The molecular formula is C21H42N2O3Si. The summed E-state index contributed by atoms with van der Waals surface area (Å²) in [5.41, 5.74) is -0.435. The Morgan fingerprint density at radius 1 is 1.07 bits per heavy atom. The summed E-state index contributed by atoms with van der Waals surface area (Å²) in [5, 5.41) is 0.229. The summed E-state index contributed by atoms with van der Waals surface area (Å²) in [5.74, 6) is 0. The molecule has 2 aliphatic rings. The maximum Gasteiger partial charge on any atom is 0.410 e. The number of nitrogens with zero attached hydrogens (tertiary/aromatic N) is 2. The molecule has 2 saturated heterocycles. The summed E-state index contributed by atoms with van der Waals surface area (Å²) in [7, 11) is -1.76.